The second-order valence-electron chi connectivity index (χ2n) is 5.20. The molecule has 4 nitrogen and oxygen atoms in total. The summed E-state index contributed by atoms with van der Waals surface area (Å²) >= 11 is 0. The third-order valence-corrected chi connectivity index (χ3v) is 3.66. The lowest BCUT2D eigenvalue weighted by atomic mass is 10.0. The van der Waals surface area contributed by atoms with Crippen molar-refractivity contribution in [1.29, 1.82) is 0 Å². The Balaban J connectivity index is 2.27. The van der Waals surface area contributed by atoms with Crippen molar-refractivity contribution in [2.24, 2.45) is 0 Å². The molecule has 1 N–H and O–H groups in total. The maximum atomic E-state index is 11.7. The highest BCUT2D eigenvalue weighted by molar-refractivity contribution is 5.92. The summed E-state index contributed by atoms with van der Waals surface area (Å²) in [6.45, 7) is 7.88. The van der Waals surface area contributed by atoms with Gasteiger partial charge in [0.05, 0.1) is 18.7 Å². The molecule has 0 spiro atoms. The van der Waals surface area contributed by atoms with Crippen molar-refractivity contribution in [3.63, 3.8) is 0 Å². The SMILES string of the molecule is COC(=O)c1cccc(NC(C)c2cc(C)oc2C)c1C. The van der Waals surface area contributed by atoms with Gasteiger partial charge in [0, 0.05) is 11.3 Å². The van der Waals surface area contributed by atoms with Gasteiger partial charge in [-0.15, -0.1) is 0 Å². The summed E-state index contributed by atoms with van der Waals surface area (Å²) in [7, 11) is 1.39. The van der Waals surface area contributed by atoms with Crippen molar-refractivity contribution in [2.45, 2.75) is 33.7 Å². The standard InChI is InChI=1S/C17H21NO3/c1-10-9-15(13(4)21-10)12(3)18-16-8-6-7-14(11(16)2)17(19)20-5/h6-9,12,18H,1-5H3. The lowest BCUT2D eigenvalue weighted by Crippen LogP contribution is -2.11. The van der Waals surface area contributed by atoms with E-state index in [1.807, 2.05) is 39.0 Å². The third kappa shape index (κ3) is 3.10. The average molecular weight is 287 g/mol. The first-order valence-corrected chi connectivity index (χ1v) is 6.95. The summed E-state index contributed by atoms with van der Waals surface area (Å²) in [6.07, 6.45) is 0. The van der Waals surface area contributed by atoms with Crippen molar-refractivity contribution in [3.8, 4) is 0 Å². The molecule has 0 saturated carbocycles. The summed E-state index contributed by atoms with van der Waals surface area (Å²) in [4.78, 5) is 11.7. The molecule has 112 valence electrons. The molecule has 1 unspecified atom stereocenters. The number of esters is 1. The number of aryl methyl sites for hydroxylation is 2. The van der Waals surface area contributed by atoms with Crippen molar-refractivity contribution >= 4 is 11.7 Å². The van der Waals surface area contributed by atoms with E-state index in [0.717, 1.165) is 28.3 Å². The number of benzene rings is 1. The van der Waals surface area contributed by atoms with E-state index in [-0.39, 0.29) is 12.0 Å². The molecular weight excluding hydrogens is 266 g/mol. The molecular formula is C17H21NO3. The zero-order valence-corrected chi connectivity index (χ0v) is 13.1. The number of hydrogen-bond acceptors (Lipinski definition) is 4. The minimum atomic E-state index is -0.320. The predicted molar refractivity (Wildman–Crippen MR) is 82.7 cm³/mol. The Morgan fingerprint density at radius 3 is 2.57 bits per heavy atom. The number of carbonyl (C=O) groups excluding carboxylic acids is 1. The van der Waals surface area contributed by atoms with E-state index in [2.05, 4.69) is 12.2 Å². The van der Waals surface area contributed by atoms with Crippen LogP contribution < -0.4 is 5.32 Å². The number of methoxy groups -OCH3 is 1. The van der Waals surface area contributed by atoms with Gasteiger partial charge in [-0.25, -0.2) is 4.79 Å². The highest BCUT2D eigenvalue weighted by Gasteiger charge is 2.16. The molecule has 1 aromatic heterocycles. The molecule has 0 aliphatic rings. The van der Waals surface area contributed by atoms with Crippen LogP contribution in [0.2, 0.25) is 0 Å². The fraction of sp³-hybridized carbons (Fsp3) is 0.353. The van der Waals surface area contributed by atoms with E-state index >= 15 is 0 Å². The van der Waals surface area contributed by atoms with E-state index in [1.165, 1.54) is 7.11 Å². The number of rotatable bonds is 4. The fourth-order valence-electron chi connectivity index (χ4n) is 2.51. The van der Waals surface area contributed by atoms with Crippen LogP contribution >= 0.6 is 0 Å². The molecule has 2 rings (SSSR count). The van der Waals surface area contributed by atoms with Gasteiger partial charge in [0.1, 0.15) is 11.5 Å². The molecule has 0 amide bonds. The Morgan fingerprint density at radius 1 is 1.29 bits per heavy atom. The van der Waals surface area contributed by atoms with Crippen LogP contribution in [0.25, 0.3) is 0 Å². The molecule has 1 atom stereocenters. The van der Waals surface area contributed by atoms with Gasteiger partial charge in [-0.05, 0) is 51.5 Å². The summed E-state index contributed by atoms with van der Waals surface area (Å²) < 4.78 is 10.4. The molecule has 21 heavy (non-hydrogen) atoms. The summed E-state index contributed by atoms with van der Waals surface area (Å²) in [6, 6.07) is 7.70. The molecule has 1 heterocycles. The topological polar surface area (TPSA) is 51.5 Å². The first kappa shape index (κ1) is 15.2. The van der Waals surface area contributed by atoms with Crippen molar-refractivity contribution in [2.75, 3.05) is 12.4 Å². The number of furan rings is 1. The van der Waals surface area contributed by atoms with Gasteiger partial charge in [0.25, 0.3) is 0 Å². The van der Waals surface area contributed by atoms with Crippen molar-refractivity contribution in [3.05, 3.63) is 52.5 Å². The second kappa shape index (κ2) is 6.04. The minimum Gasteiger partial charge on any atom is -0.466 e. The van der Waals surface area contributed by atoms with Gasteiger partial charge in [-0.2, -0.15) is 0 Å². The lowest BCUT2D eigenvalue weighted by Gasteiger charge is -2.18. The Morgan fingerprint density at radius 2 is 2.00 bits per heavy atom. The molecule has 2 aromatic rings. The van der Waals surface area contributed by atoms with E-state index in [4.69, 9.17) is 9.15 Å². The quantitative estimate of drug-likeness (QED) is 0.858. The van der Waals surface area contributed by atoms with Crippen LogP contribution in [0.3, 0.4) is 0 Å². The first-order valence-electron chi connectivity index (χ1n) is 6.95. The van der Waals surface area contributed by atoms with Crippen molar-refractivity contribution < 1.29 is 13.9 Å². The van der Waals surface area contributed by atoms with E-state index < -0.39 is 0 Å². The number of ether oxygens (including phenoxy) is 1. The maximum absolute atomic E-state index is 11.7. The number of carbonyl (C=O) groups is 1. The maximum Gasteiger partial charge on any atom is 0.338 e. The lowest BCUT2D eigenvalue weighted by molar-refractivity contribution is 0.0600. The third-order valence-electron chi connectivity index (χ3n) is 3.66. The summed E-state index contributed by atoms with van der Waals surface area (Å²) in [5.74, 6) is 1.49. The largest absolute Gasteiger partial charge is 0.466 e. The smallest absolute Gasteiger partial charge is 0.338 e. The number of hydrogen-bond donors (Lipinski definition) is 1. The van der Waals surface area contributed by atoms with E-state index in [9.17, 15) is 4.79 Å². The molecule has 0 bridgehead atoms. The highest BCUT2D eigenvalue weighted by atomic mass is 16.5. The Hall–Kier alpha value is -2.23. The van der Waals surface area contributed by atoms with E-state index in [1.54, 1.807) is 6.07 Å². The molecule has 1 aromatic carbocycles. The minimum absolute atomic E-state index is 0.0917. The molecule has 0 aliphatic carbocycles. The van der Waals surface area contributed by atoms with Gasteiger partial charge in [-0.3, -0.25) is 0 Å². The van der Waals surface area contributed by atoms with Crippen LogP contribution in [-0.2, 0) is 4.74 Å². The van der Waals surface area contributed by atoms with Crippen LogP contribution in [0.5, 0.6) is 0 Å². The monoisotopic (exact) mass is 287 g/mol. The Bertz CT molecular complexity index is 658. The molecule has 4 heteroatoms. The summed E-state index contributed by atoms with van der Waals surface area (Å²) in [5.41, 5.74) is 3.50. The molecule has 0 saturated heterocycles. The van der Waals surface area contributed by atoms with Gasteiger partial charge >= 0.3 is 5.97 Å². The number of nitrogens with one attached hydrogen (secondary N) is 1. The van der Waals surface area contributed by atoms with Crippen LogP contribution in [0, 0.1) is 20.8 Å². The van der Waals surface area contributed by atoms with E-state index in [0.29, 0.717) is 5.56 Å². The number of anilines is 1. The highest BCUT2D eigenvalue weighted by Crippen LogP contribution is 2.27. The molecule has 0 aliphatic heterocycles. The predicted octanol–water partition coefficient (Wildman–Crippen LogP) is 4.16. The normalized spacial score (nSPS) is 12.0. The average Bonchev–Trinajstić information content (AvgIpc) is 2.79. The first-order chi connectivity index (χ1) is 9.93. The zero-order chi connectivity index (χ0) is 15.6. The van der Waals surface area contributed by atoms with Crippen LogP contribution in [0.4, 0.5) is 5.69 Å². The van der Waals surface area contributed by atoms with Crippen LogP contribution in [0.15, 0.2) is 28.7 Å². The molecule has 0 fully saturated rings. The van der Waals surface area contributed by atoms with Crippen LogP contribution in [-0.4, -0.2) is 13.1 Å². The zero-order valence-electron chi connectivity index (χ0n) is 13.1. The van der Waals surface area contributed by atoms with Crippen LogP contribution in [0.1, 0.15) is 46.0 Å². The summed E-state index contributed by atoms with van der Waals surface area (Å²) in [5, 5.41) is 3.43. The van der Waals surface area contributed by atoms with Gasteiger partial charge in [0.15, 0.2) is 0 Å². The Labute approximate surface area is 125 Å². The second-order valence-corrected chi connectivity index (χ2v) is 5.20. The fourth-order valence-corrected chi connectivity index (χ4v) is 2.51. The Kier molecular flexibility index (Phi) is 4.36. The van der Waals surface area contributed by atoms with Gasteiger partial charge < -0.3 is 14.5 Å². The van der Waals surface area contributed by atoms with Crippen molar-refractivity contribution in [1.82, 2.24) is 0 Å². The molecule has 0 radical (unpaired) electrons. The van der Waals surface area contributed by atoms with Gasteiger partial charge in [-0.1, -0.05) is 6.07 Å². The van der Waals surface area contributed by atoms with Gasteiger partial charge in [0.2, 0.25) is 0 Å².